The lowest BCUT2D eigenvalue weighted by atomic mass is 9.82. The van der Waals surface area contributed by atoms with E-state index in [4.69, 9.17) is 62.5 Å². The van der Waals surface area contributed by atoms with Crippen LogP contribution >= 0.6 is 34.0 Å². The molecular formula is C123H75N9O4S3. The zero-order chi connectivity index (χ0) is 92.0. The third-order valence-corrected chi connectivity index (χ3v) is 31.7. The van der Waals surface area contributed by atoms with E-state index in [1.165, 1.54) is 89.6 Å². The van der Waals surface area contributed by atoms with Crippen LogP contribution in [-0.4, -0.2) is 44.9 Å². The molecule has 28 aromatic rings. The van der Waals surface area contributed by atoms with Gasteiger partial charge in [0.05, 0.1) is 16.3 Å². The highest BCUT2D eigenvalue weighted by molar-refractivity contribution is 7.30. The second-order valence-electron chi connectivity index (χ2n) is 36.7. The monoisotopic (exact) mass is 1840 g/mol. The maximum Gasteiger partial charge on any atom is 0.167 e. The Bertz CT molecular complexity index is 9430. The molecule has 30 rings (SSSR count). The van der Waals surface area contributed by atoms with Gasteiger partial charge in [0.25, 0.3) is 0 Å². The largest absolute Gasteiger partial charge is 0.456 e. The number of rotatable bonds is 9. The number of hydrogen-bond acceptors (Lipinski definition) is 16. The summed E-state index contributed by atoms with van der Waals surface area (Å²) in [5, 5.41) is 15.7. The number of benzene rings is 18. The molecule has 0 saturated carbocycles. The molecule has 13 nitrogen and oxygen atoms in total. The highest BCUT2D eigenvalue weighted by atomic mass is 32.1. The van der Waals surface area contributed by atoms with Crippen LogP contribution in [0.15, 0.2) is 400 Å². The fraction of sp³-hybridized carbons (Fsp3) is 0.0488. The van der Waals surface area contributed by atoms with Crippen molar-refractivity contribution in [1.29, 1.82) is 0 Å². The summed E-state index contributed by atoms with van der Waals surface area (Å²) in [5.41, 5.74) is 25.7. The van der Waals surface area contributed by atoms with Crippen molar-refractivity contribution in [3.8, 4) is 125 Å². The molecule has 139 heavy (non-hydrogen) atoms. The lowest BCUT2D eigenvalue weighted by Crippen LogP contribution is -2.14. The van der Waals surface area contributed by atoms with Crippen molar-refractivity contribution in [2.24, 2.45) is 0 Å². The summed E-state index contributed by atoms with van der Waals surface area (Å²) in [7, 11) is 0. The predicted molar refractivity (Wildman–Crippen MR) is 571 cm³/mol. The van der Waals surface area contributed by atoms with E-state index in [0.29, 0.717) is 58.0 Å². The Morgan fingerprint density at radius 3 is 1.01 bits per heavy atom. The van der Waals surface area contributed by atoms with Crippen LogP contribution in [0.4, 0.5) is 0 Å². The van der Waals surface area contributed by atoms with Gasteiger partial charge < -0.3 is 17.7 Å². The number of furan rings is 4. The van der Waals surface area contributed by atoms with Crippen LogP contribution in [0.1, 0.15) is 49.9 Å². The summed E-state index contributed by atoms with van der Waals surface area (Å²) >= 11 is 5.54. The summed E-state index contributed by atoms with van der Waals surface area (Å²) in [6, 6.07) is 132. The van der Waals surface area contributed by atoms with E-state index in [1.807, 2.05) is 223 Å². The fourth-order valence-electron chi connectivity index (χ4n) is 21.4. The van der Waals surface area contributed by atoms with E-state index in [0.717, 1.165) is 148 Å². The van der Waals surface area contributed by atoms with E-state index in [2.05, 4.69) is 210 Å². The van der Waals surface area contributed by atoms with Crippen molar-refractivity contribution in [3.63, 3.8) is 0 Å². The number of aromatic nitrogens is 9. The SMILES string of the molecule is CC1(C)c2ccccc2-c2c1ccc1c2oc2c1ccc1sc3c(-c4nc(-c5ccccc5)nc(-c5ccccc5)n4)cccc3c12.CC1(C)c2ccccc2-c2c1ccc1c2sc2c1ccc1sc3c(-c4nc(-c5ccccc5)nc(-c5ccccc5)n4)cccc3c12.c1ccc(-c2nc(-c3ccccc3)nc(-c3cccc4c3oc3ccc5c6ccc7oc8ccccc8c7c6oc5c34)n2)cc1. The molecule has 0 saturated heterocycles. The zero-order valence-electron chi connectivity index (χ0n) is 75.3. The molecule has 16 heteroatoms. The smallest absolute Gasteiger partial charge is 0.167 e. The summed E-state index contributed by atoms with van der Waals surface area (Å²) in [4.78, 5) is 44.9. The van der Waals surface area contributed by atoms with Gasteiger partial charge in [0, 0.05) is 159 Å². The molecule has 0 unspecified atom stereocenters. The van der Waals surface area contributed by atoms with Crippen molar-refractivity contribution in [3.05, 3.63) is 404 Å². The van der Waals surface area contributed by atoms with Gasteiger partial charge in [0.15, 0.2) is 52.4 Å². The Balaban J connectivity index is 0.000000103. The lowest BCUT2D eigenvalue weighted by Gasteiger charge is -2.21. The van der Waals surface area contributed by atoms with E-state index in [-0.39, 0.29) is 10.8 Å². The highest BCUT2D eigenvalue weighted by Gasteiger charge is 2.40. The number of para-hydroxylation sites is 2. The van der Waals surface area contributed by atoms with Crippen LogP contribution in [0.25, 0.3) is 273 Å². The minimum absolute atomic E-state index is 0.0165. The summed E-state index contributed by atoms with van der Waals surface area (Å²) < 4.78 is 34.0. The maximum absolute atomic E-state index is 6.99. The molecule has 10 heterocycles. The standard InChI is InChI=1S/C42H27N3OS.C42H27N3S2.C39H21N3O3/c1-42(2)31-19-10-9-16-28(31)34-32(42)22-20-26-27-21-23-33-35(37(27)46-36(26)34)29-17-11-18-30(38(29)47-33)41-44-39(24-12-5-3-6-13-24)43-40(45-41)25-14-7-4-8-15-25;1-42(2)31-19-10-9-16-28(31)34-32(42)22-20-26-27-21-23-33-35(38(27)47-37(26)34)29-17-11-18-30(36(29)46-33)41-44-39(24-12-5-3-6-13-24)43-40(45-41)25-14-7-4-8-15-25;1-3-10-22(11-4-1)37-40-38(23-12-5-2-6-13-23)42-39(41-37)28-16-9-15-27-33-31(44-34(27)28)21-19-25-24-18-20-30-32(35(24)45-36(25)33)26-14-7-8-17-29(26)43-30/h2*3-23H,1-2H3;1-21H. The second kappa shape index (κ2) is 31.2. The molecule has 0 radical (unpaired) electrons. The molecule has 10 aromatic heterocycles. The van der Waals surface area contributed by atoms with Gasteiger partial charge in [-0.1, -0.05) is 343 Å². The highest BCUT2D eigenvalue weighted by Crippen LogP contribution is 2.58. The van der Waals surface area contributed by atoms with Crippen molar-refractivity contribution >= 4 is 182 Å². The first-order valence-corrected chi connectivity index (χ1v) is 49.0. The molecule has 2 aliphatic carbocycles. The quantitative estimate of drug-likeness (QED) is 0.134. The molecule has 0 aliphatic heterocycles. The van der Waals surface area contributed by atoms with Crippen LogP contribution in [0.3, 0.4) is 0 Å². The normalized spacial score (nSPS) is 13.0. The molecule has 654 valence electrons. The zero-order valence-corrected chi connectivity index (χ0v) is 77.7. The molecule has 2 aliphatic rings. The van der Waals surface area contributed by atoms with E-state index in [1.54, 1.807) is 11.3 Å². The lowest BCUT2D eigenvalue weighted by molar-refractivity contribution is 0.654. The van der Waals surface area contributed by atoms with Gasteiger partial charge in [0.2, 0.25) is 0 Å². The van der Waals surface area contributed by atoms with Gasteiger partial charge >= 0.3 is 0 Å². The summed E-state index contributed by atoms with van der Waals surface area (Å²) in [6.45, 7) is 9.34. The molecule has 0 fully saturated rings. The van der Waals surface area contributed by atoms with Gasteiger partial charge in [-0.2, -0.15) is 0 Å². The minimum atomic E-state index is -0.0832. The second-order valence-corrected chi connectivity index (χ2v) is 39.8. The van der Waals surface area contributed by atoms with E-state index >= 15 is 0 Å². The van der Waals surface area contributed by atoms with Crippen molar-refractivity contribution in [2.75, 3.05) is 0 Å². The third kappa shape index (κ3) is 12.6. The van der Waals surface area contributed by atoms with Gasteiger partial charge in [-0.3, -0.25) is 0 Å². The Labute approximate surface area is 806 Å². The predicted octanol–water partition coefficient (Wildman–Crippen LogP) is 33.9. The van der Waals surface area contributed by atoms with Gasteiger partial charge in [-0.15, -0.1) is 34.0 Å². The number of nitrogens with zero attached hydrogens (tertiary/aromatic N) is 9. The first-order chi connectivity index (χ1) is 68.4. The first kappa shape index (κ1) is 80.3. The summed E-state index contributed by atoms with van der Waals surface area (Å²) in [6.07, 6.45) is 0. The van der Waals surface area contributed by atoms with Crippen LogP contribution in [0.2, 0.25) is 0 Å². The average Bonchev–Trinajstić information content (AvgIpc) is 1.54. The van der Waals surface area contributed by atoms with Crippen molar-refractivity contribution < 1.29 is 17.7 Å². The molecule has 0 amide bonds. The van der Waals surface area contributed by atoms with Crippen molar-refractivity contribution in [1.82, 2.24) is 44.9 Å². The van der Waals surface area contributed by atoms with Gasteiger partial charge in [-0.05, 0) is 100 Å². The molecular weight excluding hydrogens is 1760 g/mol. The maximum atomic E-state index is 6.99. The number of thiophene rings is 3. The molecule has 0 atom stereocenters. The van der Waals surface area contributed by atoms with Crippen LogP contribution in [0, 0.1) is 0 Å². The minimum Gasteiger partial charge on any atom is -0.456 e. The Hall–Kier alpha value is -17.2. The Morgan fingerprint density at radius 2 is 0.511 bits per heavy atom. The van der Waals surface area contributed by atoms with E-state index in [9.17, 15) is 0 Å². The van der Waals surface area contributed by atoms with Crippen LogP contribution in [-0.2, 0) is 10.8 Å². The third-order valence-electron chi connectivity index (χ3n) is 28.0. The van der Waals surface area contributed by atoms with E-state index < -0.39 is 0 Å². The molecule has 0 N–H and O–H groups in total. The Kier molecular flexibility index (Phi) is 18.0. The van der Waals surface area contributed by atoms with Gasteiger partial charge in [-0.25, -0.2) is 44.9 Å². The number of fused-ring (bicyclic) bond motifs is 33. The Morgan fingerprint density at radius 1 is 0.180 bits per heavy atom. The van der Waals surface area contributed by atoms with Crippen LogP contribution in [0.5, 0.6) is 0 Å². The average molecular weight is 1840 g/mol. The van der Waals surface area contributed by atoms with Gasteiger partial charge in [0.1, 0.15) is 44.7 Å². The fourth-order valence-corrected chi connectivity index (χ4v) is 25.3. The number of hydrogen-bond donors (Lipinski definition) is 0. The van der Waals surface area contributed by atoms with Crippen molar-refractivity contribution in [2.45, 2.75) is 38.5 Å². The molecule has 0 bridgehead atoms. The molecule has 0 spiro atoms. The molecule has 18 aromatic carbocycles. The van der Waals surface area contributed by atoms with Crippen LogP contribution < -0.4 is 0 Å². The topological polar surface area (TPSA) is 169 Å². The summed E-state index contributed by atoms with van der Waals surface area (Å²) in [5.74, 6) is 5.76. The first-order valence-electron chi connectivity index (χ1n) is 46.5.